The molecule has 0 bridgehead atoms. The summed E-state index contributed by atoms with van der Waals surface area (Å²) in [6, 6.07) is 0. The van der Waals surface area contributed by atoms with Crippen LogP contribution in [0.4, 0.5) is 5.82 Å². The molecule has 17 heavy (non-hydrogen) atoms. The maximum atomic E-state index is 6.14. The van der Waals surface area contributed by atoms with Gasteiger partial charge in [-0.3, -0.25) is 0 Å². The standard InChI is InChI=1S/C13H20ClN3/c1-8(2)11-16-10(14)9(3)12(17-11)15-7-13(4)5-6-13/h8H,5-7H2,1-4H3,(H,15,16,17). The summed E-state index contributed by atoms with van der Waals surface area (Å²) < 4.78 is 0. The predicted octanol–water partition coefficient (Wildman–Crippen LogP) is 3.77. The van der Waals surface area contributed by atoms with E-state index in [9.17, 15) is 0 Å². The molecule has 0 spiro atoms. The summed E-state index contributed by atoms with van der Waals surface area (Å²) >= 11 is 6.14. The van der Waals surface area contributed by atoms with E-state index in [-0.39, 0.29) is 0 Å². The monoisotopic (exact) mass is 253 g/mol. The zero-order chi connectivity index (χ0) is 12.6. The Morgan fingerprint density at radius 2 is 2.00 bits per heavy atom. The first-order valence-corrected chi connectivity index (χ1v) is 6.57. The maximum Gasteiger partial charge on any atom is 0.137 e. The molecule has 0 amide bonds. The fraction of sp³-hybridized carbons (Fsp3) is 0.692. The van der Waals surface area contributed by atoms with E-state index in [4.69, 9.17) is 11.6 Å². The first kappa shape index (κ1) is 12.6. The van der Waals surface area contributed by atoms with E-state index in [0.717, 1.165) is 23.8 Å². The Hall–Kier alpha value is -0.830. The summed E-state index contributed by atoms with van der Waals surface area (Å²) in [5, 5.41) is 3.98. The molecule has 0 aliphatic heterocycles. The van der Waals surface area contributed by atoms with E-state index in [1.807, 2.05) is 6.92 Å². The molecular formula is C13H20ClN3. The van der Waals surface area contributed by atoms with Gasteiger partial charge in [0, 0.05) is 18.0 Å². The summed E-state index contributed by atoms with van der Waals surface area (Å²) in [5.74, 6) is 2.00. The van der Waals surface area contributed by atoms with Crippen LogP contribution in [0.25, 0.3) is 0 Å². The average Bonchev–Trinajstić information content (AvgIpc) is 2.99. The van der Waals surface area contributed by atoms with Gasteiger partial charge in [0.05, 0.1) is 0 Å². The van der Waals surface area contributed by atoms with Crippen molar-refractivity contribution in [3.8, 4) is 0 Å². The van der Waals surface area contributed by atoms with Gasteiger partial charge in [0.2, 0.25) is 0 Å². The summed E-state index contributed by atoms with van der Waals surface area (Å²) in [6.07, 6.45) is 2.60. The number of aromatic nitrogens is 2. The van der Waals surface area contributed by atoms with Gasteiger partial charge in [0.15, 0.2) is 0 Å². The molecule has 1 aliphatic rings. The number of hydrogen-bond donors (Lipinski definition) is 1. The zero-order valence-electron chi connectivity index (χ0n) is 11.0. The normalized spacial score (nSPS) is 17.3. The number of hydrogen-bond acceptors (Lipinski definition) is 3. The van der Waals surface area contributed by atoms with Crippen molar-refractivity contribution in [3.63, 3.8) is 0 Å². The molecule has 1 aromatic rings. The minimum atomic E-state index is 0.296. The van der Waals surface area contributed by atoms with Gasteiger partial charge in [-0.25, -0.2) is 9.97 Å². The summed E-state index contributed by atoms with van der Waals surface area (Å²) in [7, 11) is 0. The van der Waals surface area contributed by atoms with E-state index in [1.54, 1.807) is 0 Å². The van der Waals surface area contributed by atoms with Gasteiger partial charge in [-0.2, -0.15) is 0 Å². The van der Waals surface area contributed by atoms with Crippen molar-refractivity contribution in [1.29, 1.82) is 0 Å². The van der Waals surface area contributed by atoms with Crippen molar-refractivity contribution in [1.82, 2.24) is 9.97 Å². The van der Waals surface area contributed by atoms with Crippen molar-refractivity contribution in [2.24, 2.45) is 5.41 Å². The summed E-state index contributed by atoms with van der Waals surface area (Å²) in [4.78, 5) is 8.86. The van der Waals surface area contributed by atoms with Crippen LogP contribution in [0.3, 0.4) is 0 Å². The first-order valence-electron chi connectivity index (χ1n) is 6.19. The second-order valence-corrected chi connectivity index (χ2v) is 6.02. The molecule has 2 rings (SSSR count). The minimum absolute atomic E-state index is 0.296. The summed E-state index contributed by atoms with van der Waals surface area (Å²) in [6.45, 7) is 9.38. The minimum Gasteiger partial charge on any atom is -0.369 e. The van der Waals surface area contributed by atoms with E-state index in [0.29, 0.717) is 16.5 Å². The molecular weight excluding hydrogens is 234 g/mol. The smallest absolute Gasteiger partial charge is 0.137 e. The Labute approximate surface area is 108 Å². The SMILES string of the molecule is Cc1c(Cl)nc(C(C)C)nc1NCC1(C)CC1. The molecule has 1 aliphatic carbocycles. The molecule has 0 atom stereocenters. The van der Waals surface area contributed by atoms with Gasteiger partial charge in [-0.05, 0) is 25.2 Å². The Bertz CT molecular complexity index is 425. The van der Waals surface area contributed by atoms with E-state index in [2.05, 4.69) is 36.1 Å². The Kier molecular flexibility index (Phi) is 3.30. The van der Waals surface area contributed by atoms with Gasteiger partial charge in [0.25, 0.3) is 0 Å². The molecule has 3 nitrogen and oxygen atoms in total. The highest BCUT2D eigenvalue weighted by Crippen LogP contribution is 2.44. The van der Waals surface area contributed by atoms with Crippen LogP contribution in [0.1, 0.15) is 50.9 Å². The third-order valence-electron chi connectivity index (χ3n) is 3.41. The van der Waals surface area contributed by atoms with E-state index < -0.39 is 0 Å². The van der Waals surface area contributed by atoms with Crippen molar-refractivity contribution in [2.75, 3.05) is 11.9 Å². The molecule has 1 aromatic heterocycles. The lowest BCUT2D eigenvalue weighted by molar-refractivity contribution is 0.608. The maximum absolute atomic E-state index is 6.14. The molecule has 0 aromatic carbocycles. The second kappa shape index (κ2) is 4.45. The van der Waals surface area contributed by atoms with Crippen LogP contribution in [0.5, 0.6) is 0 Å². The van der Waals surface area contributed by atoms with Crippen LogP contribution in [0.2, 0.25) is 5.15 Å². The van der Waals surface area contributed by atoms with Crippen LogP contribution in [-0.2, 0) is 0 Å². The highest BCUT2D eigenvalue weighted by atomic mass is 35.5. The van der Waals surface area contributed by atoms with Crippen LogP contribution in [-0.4, -0.2) is 16.5 Å². The number of nitrogens with zero attached hydrogens (tertiary/aromatic N) is 2. The highest BCUT2D eigenvalue weighted by Gasteiger charge is 2.37. The lowest BCUT2D eigenvalue weighted by Gasteiger charge is -2.15. The number of anilines is 1. The molecule has 1 saturated carbocycles. The molecule has 4 heteroatoms. The zero-order valence-corrected chi connectivity index (χ0v) is 11.7. The van der Waals surface area contributed by atoms with Crippen molar-refractivity contribution >= 4 is 17.4 Å². The lowest BCUT2D eigenvalue weighted by Crippen LogP contribution is -2.15. The second-order valence-electron chi connectivity index (χ2n) is 5.67. The molecule has 1 fully saturated rings. The lowest BCUT2D eigenvalue weighted by atomic mass is 10.1. The fourth-order valence-electron chi connectivity index (χ4n) is 1.62. The van der Waals surface area contributed by atoms with E-state index >= 15 is 0 Å². The molecule has 1 heterocycles. The Morgan fingerprint density at radius 1 is 1.35 bits per heavy atom. The number of rotatable bonds is 4. The molecule has 0 saturated heterocycles. The molecule has 94 valence electrons. The van der Waals surface area contributed by atoms with Gasteiger partial charge < -0.3 is 5.32 Å². The Balaban J connectivity index is 2.19. The van der Waals surface area contributed by atoms with E-state index in [1.165, 1.54) is 12.8 Å². The predicted molar refractivity (Wildman–Crippen MR) is 71.7 cm³/mol. The average molecular weight is 254 g/mol. The van der Waals surface area contributed by atoms with Crippen LogP contribution in [0.15, 0.2) is 0 Å². The number of halogens is 1. The topological polar surface area (TPSA) is 37.8 Å². The molecule has 0 unspecified atom stereocenters. The third-order valence-corrected chi connectivity index (χ3v) is 3.77. The van der Waals surface area contributed by atoms with Gasteiger partial charge >= 0.3 is 0 Å². The molecule has 1 N–H and O–H groups in total. The van der Waals surface area contributed by atoms with Gasteiger partial charge in [-0.15, -0.1) is 0 Å². The third kappa shape index (κ3) is 2.89. The number of nitrogens with one attached hydrogen (secondary N) is 1. The first-order chi connectivity index (χ1) is 7.91. The van der Waals surface area contributed by atoms with Crippen molar-refractivity contribution < 1.29 is 0 Å². The van der Waals surface area contributed by atoms with Crippen molar-refractivity contribution in [3.05, 3.63) is 16.5 Å². The fourth-order valence-corrected chi connectivity index (χ4v) is 1.80. The highest BCUT2D eigenvalue weighted by molar-refractivity contribution is 6.30. The Morgan fingerprint density at radius 3 is 2.53 bits per heavy atom. The van der Waals surface area contributed by atoms with Crippen molar-refractivity contribution in [2.45, 2.75) is 46.5 Å². The quantitative estimate of drug-likeness (QED) is 0.830. The summed E-state index contributed by atoms with van der Waals surface area (Å²) in [5.41, 5.74) is 1.40. The van der Waals surface area contributed by atoms with Gasteiger partial charge in [-0.1, -0.05) is 32.4 Å². The van der Waals surface area contributed by atoms with Crippen LogP contribution < -0.4 is 5.32 Å². The largest absolute Gasteiger partial charge is 0.369 e. The van der Waals surface area contributed by atoms with Crippen LogP contribution >= 0.6 is 11.6 Å². The van der Waals surface area contributed by atoms with Gasteiger partial charge in [0.1, 0.15) is 16.8 Å². The molecule has 0 radical (unpaired) electrons. The van der Waals surface area contributed by atoms with Crippen LogP contribution in [0, 0.1) is 12.3 Å².